The summed E-state index contributed by atoms with van der Waals surface area (Å²) in [5.41, 5.74) is 2.18. The molecule has 0 bridgehead atoms. The van der Waals surface area contributed by atoms with E-state index in [1.165, 1.54) is 50.5 Å². The number of hydrogen-bond acceptors (Lipinski definition) is 1. The molecule has 0 rings (SSSR count). The van der Waals surface area contributed by atoms with Crippen LogP contribution in [0, 0.1) is 17.2 Å². The second-order valence-electron chi connectivity index (χ2n) is 4.88. The van der Waals surface area contributed by atoms with Crippen LogP contribution in [0.3, 0.4) is 0 Å². The zero-order valence-electron chi connectivity index (χ0n) is 11.5. The fraction of sp³-hybridized carbons (Fsp3) is 0.800. The first-order chi connectivity index (χ1) is 7.63. The van der Waals surface area contributed by atoms with Gasteiger partial charge in [0.05, 0.1) is 6.07 Å². The average Bonchev–Trinajstić information content (AvgIpc) is 2.31. The van der Waals surface area contributed by atoms with Crippen molar-refractivity contribution in [3.05, 3.63) is 11.1 Å². The van der Waals surface area contributed by atoms with E-state index >= 15 is 0 Å². The molecule has 92 valence electrons. The third kappa shape index (κ3) is 6.67. The molecule has 1 unspecified atom stereocenters. The lowest BCUT2D eigenvalue weighted by Gasteiger charge is -2.12. The maximum atomic E-state index is 8.81. The fourth-order valence-electron chi connectivity index (χ4n) is 1.91. The van der Waals surface area contributed by atoms with Crippen molar-refractivity contribution in [1.29, 1.82) is 5.26 Å². The molecule has 0 amide bonds. The van der Waals surface area contributed by atoms with E-state index in [-0.39, 0.29) is 0 Å². The molecule has 1 atom stereocenters. The van der Waals surface area contributed by atoms with Gasteiger partial charge in [0.2, 0.25) is 0 Å². The number of nitriles is 1. The lowest BCUT2D eigenvalue weighted by Crippen LogP contribution is -1.98. The van der Waals surface area contributed by atoms with Gasteiger partial charge in [0.15, 0.2) is 0 Å². The van der Waals surface area contributed by atoms with E-state index in [0.717, 1.165) is 5.57 Å². The van der Waals surface area contributed by atoms with Gasteiger partial charge >= 0.3 is 0 Å². The van der Waals surface area contributed by atoms with E-state index < -0.39 is 0 Å². The molecule has 0 aromatic carbocycles. The van der Waals surface area contributed by atoms with Gasteiger partial charge < -0.3 is 0 Å². The molecular weight excluding hydrogens is 194 g/mol. The molecule has 0 N–H and O–H groups in total. The van der Waals surface area contributed by atoms with Crippen molar-refractivity contribution in [2.24, 2.45) is 5.92 Å². The molecule has 0 radical (unpaired) electrons. The Morgan fingerprint density at radius 3 is 2.19 bits per heavy atom. The van der Waals surface area contributed by atoms with Crippen LogP contribution in [0.1, 0.15) is 72.6 Å². The van der Waals surface area contributed by atoms with E-state index in [1.807, 2.05) is 6.92 Å². The van der Waals surface area contributed by atoms with E-state index in [9.17, 15) is 0 Å². The lowest BCUT2D eigenvalue weighted by atomic mass is 9.93. The molecular formula is C15H27N. The Balaban J connectivity index is 3.67. The number of allylic oxidation sites excluding steroid dienone is 2. The highest BCUT2D eigenvalue weighted by molar-refractivity contribution is 5.25. The fourth-order valence-corrected chi connectivity index (χ4v) is 1.91. The minimum absolute atomic E-state index is 0.575. The quantitative estimate of drug-likeness (QED) is 0.406. The van der Waals surface area contributed by atoms with Gasteiger partial charge in [-0.3, -0.25) is 0 Å². The zero-order valence-corrected chi connectivity index (χ0v) is 11.5. The Bertz CT molecular complexity index is 245. The van der Waals surface area contributed by atoms with Gasteiger partial charge in [-0.25, -0.2) is 0 Å². The van der Waals surface area contributed by atoms with Crippen LogP contribution in [-0.2, 0) is 0 Å². The summed E-state index contributed by atoms with van der Waals surface area (Å²) in [4.78, 5) is 0. The molecule has 0 saturated carbocycles. The smallest absolute Gasteiger partial charge is 0.0943 e. The monoisotopic (exact) mass is 221 g/mol. The topological polar surface area (TPSA) is 23.8 Å². The SMILES string of the molecule is CCCCCCCCC(C)C(C)=C(C)C#N. The number of nitrogens with zero attached hydrogens (tertiary/aromatic N) is 1. The predicted octanol–water partition coefficient (Wildman–Crippen LogP) is 5.23. The number of rotatable bonds is 8. The maximum Gasteiger partial charge on any atom is 0.0943 e. The van der Waals surface area contributed by atoms with Gasteiger partial charge in [0.25, 0.3) is 0 Å². The van der Waals surface area contributed by atoms with Crippen molar-refractivity contribution in [3.63, 3.8) is 0 Å². The first-order valence-electron chi connectivity index (χ1n) is 6.70. The number of unbranched alkanes of at least 4 members (excludes halogenated alkanes) is 5. The Morgan fingerprint density at radius 1 is 1.06 bits per heavy atom. The molecule has 0 aliphatic carbocycles. The van der Waals surface area contributed by atoms with Crippen LogP contribution in [0.4, 0.5) is 0 Å². The van der Waals surface area contributed by atoms with Crippen LogP contribution in [0.2, 0.25) is 0 Å². The molecule has 0 fully saturated rings. The van der Waals surface area contributed by atoms with Crippen LogP contribution in [-0.4, -0.2) is 0 Å². The molecule has 0 saturated heterocycles. The largest absolute Gasteiger partial charge is 0.193 e. The minimum Gasteiger partial charge on any atom is -0.193 e. The second-order valence-corrected chi connectivity index (χ2v) is 4.88. The maximum absolute atomic E-state index is 8.81. The van der Waals surface area contributed by atoms with Gasteiger partial charge in [-0.1, -0.05) is 57.9 Å². The third-order valence-corrected chi connectivity index (χ3v) is 3.49. The zero-order chi connectivity index (χ0) is 12.4. The van der Waals surface area contributed by atoms with Crippen LogP contribution in [0.5, 0.6) is 0 Å². The van der Waals surface area contributed by atoms with Crippen molar-refractivity contribution in [1.82, 2.24) is 0 Å². The first kappa shape index (κ1) is 15.2. The Hall–Kier alpha value is -0.770. The van der Waals surface area contributed by atoms with Gasteiger partial charge in [0.1, 0.15) is 0 Å². The van der Waals surface area contributed by atoms with E-state index in [2.05, 4.69) is 26.8 Å². The van der Waals surface area contributed by atoms with Gasteiger partial charge in [-0.05, 0) is 26.2 Å². The summed E-state index contributed by atoms with van der Waals surface area (Å²) in [6.07, 6.45) is 9.35. The summed E-state index contributed by atoms with van der Waals surface area (Å²) < 4.78 is 0. The highest BCUT2D eigenvalue weighted by Gasteiger charge is 2.06. The van der Waals surface area contributed by atoms with Crippen LogP contribution < -0.4 is 0 Å². The van der Waals surface area contributed by atoms with Crippen LogP contribution >= 0.6 is 0 Å². The average molecular weight is 221 g/mol. The Labute approximate surface area is 102 Å². The normalized spacial score (nSPS) is 14.2. The van der Waals surface area contributed by atoms with Crippen LogP contribution in [0.25, 0.3) is 0 Å². The standard InChI is InChI=1S/C15H27N/c1-5-6-7-8-9-10-11-13(2)15(4)14(3)12-16/h13H,5-11H2,1-4H3. The summed E-state index contributed by atoms with van der Waals surface area (Å²) >= 11 is 0. The Morgan fingerprint density at radius 2 is 1.62 bits per heavy atom. The Kier molecular flexibility index (Phi) is 9.00. The van der Waals surface area contributed by atoms with Gasteiger partial charge in [-0.15, -0.1) is 0 Å². The summed E-state index contributed by atoms with van der Waals surface area (Å²) in [5, 5.41) is 8.81. The minimum atomic E-state index is 0.575. The highest BCUT2D eigenvalue weighted by Crippen LogP contribution is 2.21. The molecule has 0 aromatic heterocycles. The van der Waals surface area contributed by atoms with Gasteiger partial charge in [-0.2, -0.15) is 5.26 Å². The molecule has 0 spiro atoms. The van der Waals surface area contributed by atoms with E-state index in [0.29, 0.717) is 5.92 Å². The molecule has 1 nitrogen and oxygen atoms in total. The van der Waals surface area contributed by atoms with Crippen LogP contribution in [0.15, 0.2) is 11.1 Å². The summed E-state index contributed by atoms with van der Waals surface area (Å²) in [5.74, 6) is 0.575. The molecule has 0 heterocycles. The molecule has 16 heavy (non-hydrogen) atoms. The molecule has 0 aliphatic rings. The second kappa shape index (κ2) is 9.46. The number of hydrogen-bond donors (Lipinski definition) is 0. The van der Waals surface area contributed by atoms with E-state index in [4.69, 9.17) is 5.26 Å². The summed E-state index contributed by atoms with van der Waals surface area (Å²) in [6, 6.07) is 2.24. The molecule has 0 aromatic rings. The molecule has 1 heteroatoms. The van der Waals surface area contributed by atoms with Gasteiger partial charge in [0, 0.05) is 5.57 Å². The van der Waals surface area contributed by atoms with Crippen molar-refractivity contribution in [2.45, 2.75) is 72.6 Å². The highest BCUT2D eigenvalue weighted by atomic mass is 14.2. The third-order valence-electron chi connectivity index (χ3n) is 3.49. The first-order valence-corrected chi connectivity index (χ1v) is 6.70. The summed E-state index contributed by atoms with van der Waals surface area (Å²) in [6.45, 7) is 8.51. The molecule has 0 aliphatic heterocycles. The predicted molar refractivity (Wildman–Crippen MR) is 71.1 cm³/mol. The van der Waals surface area contributed by atoms with Crippen molar-refractivity contribution >= 4 is 0 Å². The van der Waals surface area contributed by atoms with E-state index in [1.54, 1.807) is 0 Å². The van der Waals surface area contributed by atoms with Crippen molar-refractivity contribution in [3.8, 4) is 6.07 Å². The summed E-state index contributed by atoms with van der Waals surface area (Å²) in [7, 11) is 0. The lowest BCUT2D eigenvalue weighted by molar-refractivity contribution is 0.527. The van der Waals surface area contributed by atoms with Crippen molar-refractivity contribution < 1.29 is 0 Å². The van der Waals surface area contributed by atoms with Crippen molar-refractivity contribution in [2.75, 3.05) is 0 Å².